The van der Waals surface area contributed by atoms with Crippen molar-refractivity contribution in [3.63, 3.8) is 0 Å². The topological polar surface area (TPSA) is 69.6 Å². The Bertz CT molecular complexity index is 323. The molecule has 0 radical (unpaired) electrons. The Balaban J connectivity index is 2.68. The molecule has 0 heterocycles. The molecule has 20 heavy (non-hydrogen) atoms. The molecule has 0 saturated heterocycles. The van der Waals surface area contributed by atoms with Gasteiger partial charge in [-0.1, -0.05) is 26.7 Å². The smallest absolute Gasteiger partial charge is 0.317 e. The number of rotatable bonds is 8. The maximum atomic E-state index is 12.3. The van der Waals surface area contributed by atoms with Gasteiger partial charge < -0.3 is 10.4 Å². The van der Waals surface area contributed by atoms with Crippen LogP contribution in [0.3, 0.4) is 0 Å². The molecule has 0 aromatic rings. The SMILES string of the molecule is CCC(CC)NC(=O)C(C)N(CC(=O)O)C1CCCC1. The number of hydrogen-bond donors (Lipinski definition) is 2. The third-order valence-corrected chi connectivity index (χ3v) is 4.32. The predicted octanol–water partition coefficient (Wildman–Crippen LogP) is 2.01. The maximum Gasteiger partial charge on any atom is 0.317 e. The molecule has 1 amide bonds. The van der Waals surface area contributed by atoms with Gasteiger partial charge in [0.1, 0.15) is 0 Å². The minimum Gasteiger partial charge on any atom is -0.480 e. The maximum absolute atomic E-state index is 12.3. The Morgan fingerprint density at radius 1 is 1.25 bits per heavy atom. The van der Waals surface area contributed by atoms with Gasteiger partial charge in [-0.25, -0.2) is 0 Å². The molecular formula is C15H28N2O3. The number of carbonyl (C=O) groups excluding carboxylic acids is 1. The summed E-state index contributed by atoms with van der Waals surface area (Å²) in [5, 5.41) is 12.1. The van der Waals surface area contributed by atoms with Crippen LogP contribution < -0.4 is 5.32 Å². The van der Waals surface area contributed by atoms with Crippen molar-refractivity contribution < 1.29 is 14.7 Å². The molecule has 1 aliphatic carbocycles. The molecule has 1 atom stereocenters. The molecule has 1 saturated carbocycles. The van der Waals surface area contributed by atoms with Gasteiger partial charge in [0.2, 0.25) is 5.91 Å². The van der Waals surface area contributed by atoms with Crippen molar-refractivity contribution in [2.24, 2.45) is 0 Å². The summed E-state index contributed by atoms with van der Waals surface area (Å²) in [5.74, 6) is -0.911. The predicted molar refractivity (Wildman–Crippen MR) is 78.6 cm³/mol. The summed E-state index contributed by atoms with van der Waals surface area (Å²) in [4.78, 5) is 25.2. The molecule has 116 valence electrons. The van der Waals surface area contributed by atoms with Gasteiger partial charge in [-0.05, 0) is 32.6 Å². The zero-order chi connectivity index (χ0) is 15.1. The minimum absolute atomic E-state index is 0.0492. The summed E-state index contributed by atoms with van der Waals surface area (Å²) in [7, 11) is 0. The van der Waals surface area contributed by atoms with E-state index in [9.17, 15) is 9.59 Å². The first kappa shape index (κ1) is 17.0. The number of nitrogens with zero attached hydrogens (tertiary/aromatic N) is 1. The molecule has 5 nitrogen and oxygen atoms in total. The fourth-order valence-corrected chi connectivity index (χ4v) is 2.94. The summed E-state index contributed by atoms with van der Waals surface area (Å²) < 4.78 is 0. The number of nitrogens with one attached hydrogen (secondary N) is 1. The first-order chi connectivity index (χ1) is 9.49. The van der Waals surface area contributed by atoms with E-state index in [0.29, 0.717) is 0 Å². The number of aliphatic carboxylic acids is 1. The van der Waals surface area contributed by atoms with Gasteiger partial charge in [-0.2, -0.15) is 0 Å². The summed E-state index contributed by atoms with van der Waals surface area (Å²) >= 11 is 0. The van der Waals surface area contributed by atoms with E-state index in [4.69, 9.17) is 5.11 Å². The van der Waals surface area contributed by atoms with Crippen LogP contribution in [0, 0.1) is 0 Å². The van der Waals surface area contributed by atoms with Gasteiger partial charge in [0, 0.05) is 12.1 Å². The highest BCUT2D eigenvalue weighted by Gasteiger charge is 2.31. The summed E-state index contributed by atoms with van der Waals surface area (Å²) in [5.41, 5.74) is 0. The molecule has 1 aliphatic rings. The van der Waals surface area contributed by atoms with Crippen LogP contribution in [0.15, 0.2) is 0 Å². The molecule has 0 aliphatic heterocycles. The lowest BCUT2D eigenvalue weighted by atomic mass is 10.1. The van der Waals surface area contributed by atoms with Gasteiger partial charge >= 0.3 is 5.97 Å². The normalized spacial score (nSPS) is 17.6. The average Bonchev–Trinajstić information content (AvgIpc) is 2.94. The monoisotopic (exact) mass is 284 g/mol. The number of carbonyl (C=O) groups is 2. The van der Waals surface area contributed by atoms with E-state index in [1.807, 2.05) is 25.7 Å². The van der Waals surface area contributed by atoms with Crippen molar-refractivity contribution in [1.29, 1.82) is 0 Å². The molecular weight excluding hydrogens is 256 g/mol. The molecule has 0 spiro atoms. The Hall–Kier alpha value is -1.10. The largest absolute Gasteiger partial charge is 0.480 e. The van der Waals surface area contributed by atoms with E-state index in [1.54, 1.807) is 0 Å². The zero-order valence-electron chi connectivity index (χ0n) is 12.9. The molecule has 0 aromatic carbocycles. The molecule has 2 N–H and O–H groups in total. The lowest BCUT2D eigenvalue weighted by Gasteiger charge is -2.33. The van der Waals surface area contributed by atoms with E-state index in [-0.39, 0.29) is 30.6 Å². The van der Waals surface area contributed by atoms with Gasteiger partial charge in [0.15, 0.2) is 0 Å². The first-order valence-electron chi connectivity index (χ1n) is 7.77. The van der Waals surface area contributed by atoms with Crippen LogP contribution >= 0.6 is 0 Å². The number of amides is 1. The van der Waals surface area contributed by atoms with Crippen molar-refractivity contribution in [2.75, 3.05) is 6.54 Å². The van der Waals surface area contributed by atoms with Gasteiger partial charge in [0.25, 0.3) is 0 Å². The van der Waals surface area contributed by atoms with Crippen LogP contribution in [0.25, 0.3) is 0 Å². The van der Waals surface area contributed by atoms with E-state index in [2.05, 4.69) is 5.32 Å². The summed E-state index contributed by atoms with van der Waals surface area (Å²) in [6.07, 6.45) is 6.05. The van der Waals surface area contributed by atoms with Gasteiger partial charge in [0.05, 0.1) is 12.6 Å². The zero-order valence-corrected chi connectivity index (χ0v) is 12.9. The highest BCUT2D eigenvalue weighted by molar-refractivity contribution is 5.82. The van der Waals surface area contributed by atoms with Crippen molar-refractivity contribution in [3.8, 4) is 0 Å². The van der Waals surface area contributed by atoms with E-state index in [1.165, 1.54) is 0 Å². The molecule has 0 bridgehead atoms. The van der Waals surface area contributed by atoms with Crippen molar-refractivity contribution in [2.45, 2.75) is 77.4 Å². The van der Waals surface area contributed by atoms with E-state index < -0.39 is 5.97 Å². The highest BCUT2D eigenvalue weighted by Crippen LogP contribution is 2.25. The molecule has 1 unspecified atom stereocenters. The molecule has 5 heteroatoms. The highest BCUT2D eigenvalue weighted by atomic mass is 16.4. The van der Waals surface area contributed by atoms with Crippen LogP contribution in [0.2, 0.25) is 0 Å². The Kier molecular flexibility index (Phi) is 6.99. The van der Waals surface area contributed by atoms with Crippen LogP contribution in [-0.4, -0.2) is 46.6 Å². The Morgan fingerprint density at radius 3 is 2.25 bits per heavy atom. The van der Waals surface area contributed by atoms with Crippen LogP contribution in [-0.2, 0) is 9.59 Å². The van der Waals surface area contributed by atoms with Gasteiger partial charge in [-0.3, -0.25) is 14.5 Å². The third-order valence-electron chi connectivity index (χ3n) is 4.32. The second kappa shape index (κ2) is 8.25. The minimum atomic E-state index is -0.862. The van der Waals surface area contributed by atoms with E-state index >= 15 is 0 Å². The first-order valence-corrected chi connectivity index (χ1v) is 7.77. The number of hydrogen-bond acceptors (Lipinski definition) is 3. The fourth-order valence-electron chi connectivity index (χ4n) is 2.94. The average molecular weight is 284 g/mol. The van der Waals surface area contributed by atoms with Crippen molar-refractivity contribution >= 4 is 11.9 Å². The Morgan fingerprint density at radius 2 is 1.80 bits per heavy atom. The second-order valence-corrected chi connectivity index (χ2v) is 5.70. The van der Waals surface area contributed by atoms with Crippen LogP contribution in [0.4, 0.5) is 0 Å². The lowest BCUT2D eigenvalue weighted by molar-refractivity contribution is -0.141. The summed E-state index contributed by atoms with van der Waals surface area (Å²) in [6.45, 7) is 5.86. The van der Waals surface area contributed by atoms with Crippen molar-refractivity contribution in [3.05, 3.63) is 0 Å². The van der Waals surface area contributed by atoms with Crippen LogP contribution in [0.5, 0.6) is 0 Å². The summed E-state index contributed by atoms with van der Waals surface area (Å²) in [6, 6.07) is 0.0311. The molecule has 1 fully saturated rings. The lowest BCUT2D eigenvalue weighted by Crippen LogP contribution is -2.52. The number of carboxylic acids is 1. The Labute approximate surface area is 121 Å². The second-order valence-electron chi connectivity index (χ2n) is 5.70. The fraction of sp³-hybridized carbons (Fsp3) is 0.867. The van der Waals surface area contributed by atoms with Gasteiger partial charge in [-0.15, -0.1) is 0 Å². The number of carboxylic acid groups (broad SMARTS) is 1. The third kappa shape index (κ3) is 4.78. The van der Waals surface area contributed by atoms with Crippen molar-refractivity contribution in [1.82, 2.24) is 10.2 Å². The molecule has 0 aromatic heterocycles. The standard InChI is InChI=1S/C15H28N2O3/c1-4-12(5-2)16-15(20)11(3)17(10-14(18)19)13-8-6-7-9-13/h11-13H,4-10H2,1-3H3,(H,16,20)(H,18,19). The van der Waals surface area contributed by atoms with Crippen LogP contribution in [0.1, 0.15) is 59.3 Å². The quantitative estimate of drug-likeness (QED) is 0.715. The van der Waals surface area contributed by atoms with E-state index in [0.717, 1.165) is 38.5 Å². The molecule has 1 rings (SSSR count).